The Hall–Kier alpha value is -1.23. The Balaban J connectivity index is 2.10. The number of fused-ring (bicyclic) bond motifs is 1. The van der Waals surface area contributed by atoms with Crippen LogP contribution < -0.4 is 0 Å². The number of benzene rings is 1. The van der Waals surface area contributed by atoms with Gasteiger partial charge in [0.15, 0.2) is 10.6 Å². The number of aromatic amines is 1. The number of nitrogens with zero attached hydrogens (tertiary/aromatic N) is 1. The molecule has 108 valence electrons. The van der Waals surface area contributed by atoms with E-state index in [1.807, 2.05) is 4.57 Å². The van der Waals surface area contributed by atoms with Gasteiger partial charge in [0.05, 0.1) is 5.52 Å². The Morgan fingerprint density at radius 1 is 1.20 bits per heavy atom. The lowest BCUT2D eigenvalue weighted by Gasteiger charge is -2.06. The molecule has 1 aliphatic carbocycles. The van der Waals surface area contributed by atoms with Gasteiger partial charge < -0.3 is 9.55 Å². The first-order chi connectivity index (χ1) is 9.16. The second-order valence-corrected chi connectivity index (χ2v) is 7.21. The maximum atomic E-state index is 13.8. The predicted octanol–water partition coefficient (Wildman–Crippen LogP) is 4.66. The lowest BCUT2D eigenvalue weighted by molar-refractivity contribution is 0.457. The Kier molecular flexibility index (Phi) is 2.68. The van der Waals surface area contributed by atoms with Crippen LogP contribution in [0, 0.1) is 33.2 Å². The minimum Gasteiger partial charge on any atom is -0.328 e. The fourth-order valence-electron chi connectivity index (χ4n) is 3.33. The van der Waals surface area contributed by atoms with E-state index < -0.39 is 11.6 Å². The summed E-state index contributed by atoms with van der Waals surface area (Å²) < 4.78 is 29.5. The van der Waals surface area contributed by atoms with E-state index in [2.05, 4.69) is 32.7 Å². The Morgan fingerprint density at radius 2 is 1.80 bits per heavy atom. The predicted molar refractivity (Wildman–Crippen MR) is 78.1 cm³/mol. The summed E-state index contributed by atoms with van der Waals surface area (Å²) in [6.07, 6.45) is 0. The molecule has 0 bridgehead atoms. The largest absolute Gasteiger partial charge is 0.328 e. The highest BCUT2D eigenvalue weighted by molar-refractivity contribution is 7.71. The van der Waals surface area contributed by atoms with Crippen LogP contribution in [-0.4, -0.2) is 9.55 Å². The zero-order valence-corrected chi connectivity index (χ0v) is 12.9. The molecular formula is C15H18F2N2S. The number of halogens is 2. The molecule has 2 nitrogen and oxygen atoms in total. The molecular weight excluding hydrogens is 278 g/mol. The van der Waals surface area contributed by atoms with Gasteiger partial charge in [-0.25, -0.2) is 8.78 Å². The van der Waals surface area contributed by atoms with Gasteiger partial charge in [0.2, 0.25) is 0 Å². The summed E-state index contributed by atoms with van der Waals surface area (Å²) in [5, 5.41) is 0. The van der Waals surface area contributed by atoms with Gasteiger partial charge in [-0.1, -0.05) is 27.7 Å². The van der Waals surface area contributed by atoms with E-state index in [4.69, 9.17) is 12.2 Å². The lowest BCUT2D eigenvalue weighted by atomic mass is 10.0. The van der Waals surface area contributed by atoms with Crippen molar-refractivity contribution in [3.05, 3.63) is 28.5 Å². The van der Waals surface area contributed by atoms with Crippen LogP contribution in [0.3, 0.4) is 0 Å². The summed E-state index contributed by atoms with van der Waals surface area (Å²) in [7, 11) is 0. The van der Waals surface area contributed by atoms with Crippen LogP contribution in [0.1, 0.15) is 27.7 Å². The topological polar surface area (TPSA) is 20.7 Å². The zero-order chi connectivity index (χ0) is 14.9. The normalized spacial score (nSPS) is 20.5. The van der Waals surface area contributed by atoms with Crippen molar-refractivity contribution < 1.29 is 8.78 Å². The summed E-state index contributed by atoms with van der Waals surface area (Å²) in [5.41, 5.74) is 1.20. The van der Waals surface area contributed by atoms with Crippen LogP contribution in [0.4, 0.5) is 8.78 Å². The molecule has 0 saturated heterocycles. The third kappa shape index (κ3) is 1.68. The van der Waals surface area contributed by atoms with Crippen LogP contribution in [0.25, 0.3) is 11.0 Å². The van der Waals surface area contributed by atoms with E-state index in [1.165, 1.54) is 6.07 Å². The van der Waals surface area contributed by atoms with E-state index in [1.54, 1.807) is 0 Å². The monoisotopic (exact) mass is 296 g/mol. The SMILES string of the molecule is CC1(C)C(Cn2c(=S)[nH]c3c(F)cc(F)cc32)C1(C)C. The summed E-state index contributed by atoms with van der Waals surface area (Å²) in [4.78, 5) is 2.85. The third-order valence-corrected chi connectivity index (χ3v) is 5.81. The first kappa shape index (κ1) is 13.7. The molecule has 0 spiro atoms. The number of nitrogens with one attached hydrogen (secondary N) is 1. The van der Waals surface area contributed by atoms with E-state index in [9.17, 15) is 8.78 Å². The van der Waals surface area contributed by atoms with Crippen molar-refractivity contribution in [3.63, 3.8) is 0 Å². The Labute approximate surface area is 121 Å². The fourth-order valence-corrected chi connectivity index (χ4v) is 3.61. The maximum Gasteiger partial charge on any atom is 0.178 e. The second-order valence-electron chi connectivity index (χ2n) is 6.82. The first-order valence-corrected chi connectivity index (χ1v) is 7.14. The van der Waals surface area contributed by atoms with Gasteiger partial charge >= 0.3 is 0 Å². The molecule has 5 heteroatoms. The van der Waals surface area contributed by atoms with E-state index in [0.717, 1.165) is 6.07 Å². The van der Waals surface area contributed by atoms with Crippen molar-refractivity contribution >= 4 is 23.3 Å². The molecule has 0 aliphatic heterocycles. The molecule has 0 amide bonds. The van der Waals surface area contributed by atoms with Gasteiger partial charge in [-0.3, -0.25) is 0 Å². The molecule has 20 heavy (non-hydrogen) atoms. The molecule has 1 aliphatic rings. The van der Waals surface area contributed by atoms with Gasteiger partial charge in [-0.2, -0.15) is 0 Å². The van der Waals surface area contributed by atoms with Crippen LogP contribution >= 0.6 is 12.2 Å². The first-order valence-electron chi connectivity index (χ1n) is 6.74. The minimum atomic E-state index is -0.598. The highest BCUT2D eigenvalue weighted by Crippen LogP contribution is 2.68. The number of imidazole rings is 1. The summed E-state index contributed by atoms with van der Waals surface area (Å²) in [5.74, 6) is -0.738. The van der Waals surface area contributed by atoms with Crippen molar-refractivity contribution in [1.29, 1.82) is 0 Å². The number of H-pyrrole nitrogens is 1. The Morgan fingerprint density at radius 3 is 2.35 bits per heavy atom. The smallest absolute Gasteiger partial charge is 0.178 e. The molecule has 0 unspecified atom stereocenters. The quantitative estimate of drug-likeness (QED) is 0.799. The molecule has 2 aromatic rings. The molecule has 1 fully saturated rings. The van der Waals surface area contributed by atoms with Crippen molar-refractivity contribution in [2.75, 3.05) is 0 Å². The zero-order valence-electron chi connectivity index (χ0n) is 12.1. The molecule has 0 atom stereocenters. The third-order valence-electron chi connectivity index (χ3n) is 5.49. The highest BCUT2D eigenvalue weighted by Gasteiger charge is 2.64. The molecule has 1 N–H and O–H groups in total. The van der Waals surface area contributed by atoms with E-state index in [0.29, 0.717) is 22.8 Å². The molecule has 3 rings (SSSR count). The molecule has 1 aromatic heterocycles. The van der Waals surface area contributed by atoms with E-state index in [-0.39, 0.29) is 16.3 Å². The fraction of sp³-hybridized carbons (Fsp3) is 0.533. The van der Waals surface area contributed by atoms with Crippen molar-refractivity contribution in [1.82, 2.24) is 9.55 Å². The number of hydrogen-bond donors (Lipinski definition) is 1. The van der Waals surface area contributed by atoms with Crippen LogP contribution in [-0.2, 0) is 6.54 Å². The average Bonchev–Trinajstić information content (AvgIpc) is 2.59. The van der Waals surface area contributed by atoms with Gasteiger partial charge in [0, 0.05) is 12.6 Å². The van der Waals surface area contributed by atoms with Crippen LogP contribution in [0.15, 0.2) is 12.1 Å². The van der Waals surface area contributed by atoms with Crippen molar-refractivity contribution in [3.8, 4) is 0 Å². The lowest BCUT2D eigenvalue weighted by Crippen LogP contribution is -2.04. The van der Waals surface area contributed by atoms with Crippen molar-refractivity contribution in [2.24, 2.45) is 16.7 Å². The second kappa shape index (κ2) is 3.91. The minimum absolute atomic E-state index is 0.206. The summed E-state index contributed by atoms with van der Waals surface area (Å²) >= 11 is 5.27. The van der Waals surface area contributed by atoms with Gasteiger partial charge in [0.25, 0.3) is 0 Å². The van der Waals surface area contributed by atoms with E-state index >= 15 is 0 Å². The number of aromatic nitrogens is 2. The van der Waals surface area contributed by atoms with Gasteiger partial charge in [-0.05, 0) is 35.0 Å². The maximum absolute atomic E-state index is 13.8. The van der Waals surface area contributed by atoms with Crippen LogP contribution in [0.2, 0.25) is 0 Å². The highest BCUT2D eigenvalue weighted by atomic mass is 32.1. The Bertz CT molecular complexity index is 741. The van der Waals surface area contributed by atoms with Gasteiger partial charge in [-0.15, -0.1) is 0 Å². The van der Waals surface area contributed by atoms with Crippen LogP contribution in [0.5, 0.6) is 0 Å². The standard InChI is InChI=1S/C15H18F2N2S/c1-14(2)11(15(14,3)4)7-19-10-6-8(16)5-9(17)12(10)18-13(19)20/h5-6,11H,7H2,1-4H3,(H,18,20). The average molecular weight is 296 g/mol. The van der Waals surface area contributed by atoms with Gasteiger partial charge in [0.1, 0.15) is 11.3 Å². The summed E-state index contributed by atoms with van der Waals surface area (Å²) in [6, 6.07) is 2.22. The van der Waals surface area contributed by atoms with Crippen molar-refractivity contribution in [2.45, 2.75) is 34.2 Å². The molecule has 1 aromatic carbocycles. The molecule has 1 heterocycles. The molecule has 0 radical (unpaired) electrons. The number of hydrogen-bond acceptors (Lipinski definition) is 1. The summed E-state index contributed by atoms with van der Waals surface area (Å²) in [6.45, 7) is 9.56. The number of rotatable bonds is 2. The molecule has 1 saturated carbocycles.